The number of benzene rings is 10. The molecule has 0 radical (unpaired) electrons. The second kappa shape index (κ2) is 11.4. The number of rotatable bonds is 3. The number of hydrogen-bond donors (Lipinski definition) is 0. The lowest BCUT2D eigenvalue weighted by Gasteiger charge is -2.16. The van der Waals surface area contributed by atoms with Crippen LogP contribution in [0.5, 0.6) is 0 Å². The van der Waals surface area contributed by atoms with E-state index < -0.39 is 0 Å². The Bertz CT molecular complexity index is 3490. The minimum absolute atomic E-state index is 0.935. The quantitative estimate of drug-likeness (QED) is 0.167. The summed E-state index contributed by atoms with van der Waals surface area (Å²) < 4.78 is 9.01. The van der Waals surface area contributed by atoms with Gasteiger partial charge in [0.2, 0.25) is 0 Å². The molecule has 0 atom stereocenters. The van der Waals surface area contributed by atoms with Gasteiger partial charge in [-0.15, -0.1) is 11.3 Å². The van der Waals surface area contributed by atoms with Gasteiger partial charge >= 0.3 is 0 Å². The minimum atomic E-state index is 0.935. The number of hydrogen-bond acceptors (Lipinski definition) is 2. The van der Waals surface area contributed by atoms with Crippen LogP contribution in [0.2, 0.25) is 0 Å². The molecule has 2 aromatic heterocycles. The Balaban J connectivity index is 0.984. The summed E-state index contributed by atoms with van der Waals surface area (Å²) >= 11 is 1.87. The zero-order valence-electron chi connectivity index (χ0n) is 29.1. The first-order valence-corrected chi connectivity index (χ1v) is 19.3. The normalized spacial score (nSPS) is 12.1. The molecule has 12 rings (SSSR count). The first kappa shape index (κ1) is 29.8. The monoisotopic (exact) mass is 702 g/mol. The minimum Gasteiger partial charge on any atom is -0.455 e. The fourth-order valence-electron chi connectivity index (χ4n) is 8.97. The lowest BCUT2D eigenvalue weighted by Crippen LogP contribution is -1.89. The molecule has 0 fully saturated rings. The van der Waals surface area contributed by atoms with Crippen LogP contribution in [0.3, 0.4) is 0 Å². The predicted molar refractivity (Wildman–Crippen MR) is 233 cm³/mol. The summed E-state index contributed by atoms with van der Waals surface area (Å²) in [4.78, 5) is 0. The van der Waals surface area contributed by atoms with E-state index in [1.54, 1.807) is 0 Å². The fourth-order valence-corrected chi connectivity index (χ4v) is 10.1. The molecule has 0 N–H and O–H groups in total. The highest BCUT2D eigenvalue weighted by Crippen LogP contribution is 2.45. The van der Waals surface area contributed by atoms with E-state index in [1.807, 2.05) is 17.4 Å². The summed E-state index contributed by atoms with van der Waals surface area (Å²) in [5.41, 5.74) is 9.38. The highest BCUT2D eigenvalue weighted by molar-refractivity contribution is 7.26. The number of thiophene rings is 1. The summed E-state index contributed by atoms with van der Waals surface area (Å²) in [5, 5.41) is 14.9. The van der Waals surface area contributed by atoms with Gasteiger partial charge in [0.15, 0.2) is 0 Å². The van der Waals surface area contributed by atoms with Crippen LogP contribution in [0.1, 0.15) is 0 Å². The van der Waals surface area contributed by atoms with Crippen LogP contribution < -0.4 is 0 Å². The molecule has 2 heterocycles. The van der Waals surface area contributed by atoms with Gasteiger partial charge < -0.3 is 4.42 Å². The average Bonchev–Trinajstić information content (AvgIpc) is 3.81. The molecule has 0 amide bonds. The van der Waals surface area contributed by atoms with Crippen LogP contribution in [-0.4, -0.2) is 0 Å². The highest BCUT2D eigenvalue weighted by Gasteiger charge is 2.17. The Morgan fingerprint density at radius 1 is 0.333 bits per heavy atom. The van der Waals surface area contributed by atoms with Crippen molar-refractivity contribution >= 4 is 96.5 Å². The Labute approximate surface area is 314 Å². The topological polar surface area (TPSA) is 13.1 Å². The van der Waals surface area contributed by atoms with E-state index in [0.29, 0.717) is 0 Å². The highest BCUT2D eigenvalue weighted by atomic mass is 32.1. The molecule has 0 bridgehead atoms. The van der Waals surface area contributed by atoms with Crippen LogP contribution >= 0.6 is 11.3 Å². The van der Waals surface area contributed by atoms with Crippen molar-refractivity contribution in [2.24, 2.45) is 0 Å². The molecule has 0 aliphatic rings. The van der Waals surface area contributed by atoms with Gasteiger partial charge in [-0.25, -0.2) is 0 Å². The summed E-state index contributed by atoms with van der Waals surface area (Å²) in [6.45, 7) is 0. The van der Waals surface area contributed by atoms with E-state index in [9.17, 15) is 0 Å². The third-order valence-corrected chi connectivity index (χ3v) is 12.6. The lowest BCUT2D eigenvalue weighted by molar-refractivity contribution is 0.672. The molecule has 0 aliphatic heterocycles. The molecule has 0 unspecified atom stereocenters. The largest absolute Gasteiger partial charge is 0.455 e. The predicted octanol–water partition coefficient (Wildman–Crippen LogP) is 15.6. The maximum absolute atomic E-state index is 6.41. The molecule has 0 saturated heterocycles. The zero-order valence-corrected chi connectivity index (χ0v) is 30.0. The molecule has 0 spiro atoms. The third kappa shape index (κ3) is 4.32. The number of fused-ring (bicyclic) bond motifs is 12. The molecule has 0 saturated carbocycles. The first-order chi connectivity index (χ1) is 26.8. The Morgan fingerprint density at radius 3 is 1.83 bits per heavy atom. The summed E-state index contributed by atoms with van der Waals surface area (Å²) in [6, 6.07) is 66.8. The summed E-state index contributed by atoms with van der Waals surface area (Å²) in [7, 11) is 0. The summed E-state index contributed by atoms with van der Waals surface area (Å²) in [6.07, 6.45) is 0. The van der Waals surface area contributed by atoms with E-state index in [4.69, 9.17) is 4.42 Å². The SMILES string of the molecule is c1ccc2c(-c3cccc4c(-c5ccc(-c6ccc7c(c6)sc6ccc8c(ccc9c%10ccccc%10oc98)c67)cc5)c5ccccc5cc34)cccc2c1. The van der Waals surface area contributed by atoms with Crippen molar-refractivity contribution in [2.45, 2.75) is 0 Å². The van der Waals surface area contributed by atoms with Crippen molar-refractivity contribution in [3.63, 3.8) is 0 Å². The van der Waals surface area contributed by atoms with Gasteiger partial charge in [0.25, 0.3) is 0 Å². The summed E-state index contributed by atoms with van der Waals surface area (Å²) in [5.74, 6) is 0. The lowest BCUT2D eigenvalue weighted by atomic mass is 9.87. The standard InChI is InChI=1S/C52H30OS/c1-3-12-36-32(9-1)11-7-15-38(36)39-16-8-17-41-46(39)29-35-10-2-4-13-37(35)50(41)33-21-19-31(20-22-33)34-23-24-45-49(30-34)54-48-28-27-44-42(51(45)48)25-26-43-40-14-5-6-18-47(40)53-52(43)44/h1-30H. The van der Waals surface area contributed by atoms with Gasteiger partial charge in [0.05, 0.1) is 0 Å². The van der Waals surface area contributed by atoms with Crippen LogP contribution in [0.4, 0.5) is 0 Å². The van der Waals surface area contributed by atoms with Crippen molar-refractivity contribution in [1.82, 2.24) is 0 Å². The second-order valence-electron chi connectivity index (χ2n) is 14.4. The fraction of sp³-hybridized carbons (Fsp3) is 0. The van der Waals surface area contributed by atoms with E-state index in [0.717, 1.165) is 11.2 Å². The van der Waals surface area contributed by atoms with Crippen LogP contribution in [0.15, 0.2) is 186 Å². The van der Waals surface area contributed by atoms with Gasteiger partial charge in [-0.3, -0.25) is 0 Å². The van der Waals surface area contributed by atoms with Crippen LogP contribution in [0, 0.1) is 0 Å². The molecule has 54 heavy (non-hydrogen) atoms. The Kier molecular flexibility index (Phi) is 6.28. The number of furan rings is 1. The van der Waals surface area contributed by atoms with Gasteiger partial charge in [-0.2, -0.15) is 0 Å². The van der Waals surface area contributed by atoms with Crippen molar-refractivity contribution in [1.29, 1.82) is 0 Å². The maximum atomic E-state index is 6.41. The number of para-hydroxylation sites is 1. The van der Waals surface area contributed by atoms with Gasteiger partial charge in [-0.05, 0) is 107 Å². The van der Waals surface area contributed by atoms with E-state index in [2.05, 4.69) is 176 Å². The molecule has 2 heteroatoms. The Morgan fingerprint density at radius 2 is 0.944 bits per heavy atom. The van der Waals surface area contributed by atoms with Crippen molar-refractivity contribution < 1.29 is 4.42 Å². The van der Waals surface area contributed by atoms with E-state index in [1.165, 1.54) is 107 Å². The van der Waals surface area contributed by atoms with Crippen molar-refractivity contribution in [3.8, 4) is 33.4 Å². The van der Waals surface area contributed by atoms with E-state index in [-0.39, 0.29) is 0 Å². The van der Waals surface area contributed by atoms with Gasteiger partial charge in [-0.1, -0.05) is 146 Å². The average molecular weight is 703 g/mol. The molecule has 1 nitrogen and oxygen atoms in total. The first-order valence-electron chi connectivity index (χ1n) is 18.5. The smallest absolute Gasteiger partial charge is 0.143 e. The molecule has 12 aromatic rings. The van der Waals surface area contributed by atoms with E-state index >= 15 is 0 Å². The molecule has 10 aromatic carbocycles. The molecular weight excluding hydrogens is 673 g/mol. The van der Waals surface area contributed by atoms with Gasteiger partial charge in [0.1, 0.15) is 11.2 Å². The molecule has 250 valence electrons. The van der Waals surface area contributed by atoms with Gasteiger partial charge in [0, 0.05) is 36.3 Å². The van der Waals surface area contributed by atoms with Crippen LogP contribution in [0.25, 0.3) is 119 Å². The third-order valence-electron chi connectivity index (χ3n) is 11.5. The van der Waals surface area contributed by atoms with Crippen molar-refractivity contribution in [2.75, 3.05) is 0 Å². The Hall–Kier alpha value is -6.74. The second-order valence-corrected chi connectivity index (χ2v) is 15.4. The maximum Gasteiger partial charge on any atom is 0.143 e. The molecule has 0 aliphatic carbocycles. The van der Waals surface area contributed by atoms with Crippen molar-refractivity contribution in [3.05, 3.63) is 182 Å². The molecular formula is C52H30OS. The van der Waals surface area contributed by atoms with Crippen LogP contribution in [-0.2, 0) is 0 Å². The zero-order chi connectivity index (χ0) is 35.3.